The molecule has 4 rings (SSSR count). The number of ether oxygens (including phenoxy) is 1. The van der Waals surface area contributed by atoms with Crippen molar-refractivity contribution in [1.82, 2.24) is 19.3 Å². The van der Waals surface area contributed by atoms with Crippen molar-refractivity contribution >= 4 is 0 Å². The SMILES string of the molecule is COC(C)Cn1ccnc1-c1ccc(-c2ccc(C)cc2-c2cnn(C)c2)o1. The fraction of sp³-hybridized carbons (Fsp3) is 0.273. The van der Waals surface area contributed by atoms with Gasteiger partial charge in [-0.2, -0.15) is 5.10 Å². The number of methoxy groups -OCH3 is 1. The number of hydrogen-bond donors (Lipinski definition) is 0. The molecule has 0 N–H and O–H groups in total. The number of imidazole rings is 1. The molecule has 0 aliphatic rings. The molecule has 0 aliphatic carbocycles. The molecular formula is C22H24N4O2. The van der Waals surface area contributed by atoms with E-state index >= 15 is 0 Å². The maximum Gasteiger partial charge on any atom is 0.176 e. The van der Waals surface area contributed by atoms with Crippen molar-refractivity contribution in [1.29, 1.82) is 0 Å². The number of furan rings is 1. The maximum absolute atomic E-state index is 6.23. The first kappa shape index (κ1) is 18.3. The van der Waals surface area contributed by atoms with Gasteiger partial charge < -0.3 is 13.7 Å². The van der Waals surface area contributed by atoms with E-state index in [2.05, 4.69) is 35.2 Å². The van der Waals surface area contributed by atoms with Crippen LogP contribution in [0.4, 0.5) is 0 Å². The summed E-state index contributed by atoms with van der Waals surface area (Å²) in [5.74, 6) is 2.34. The summed E-state index contributed by atoms with van der Waals surface area (Å²) in [4.78, 5) is 4.48. The van der Waals surface area contributed by atoms with Crippen molar-refractivity contribution in [2.75, 3.05) is 7.11 Å². The van der Waals surface area contributed by atoms with E-state index in [4.69, 9.17) is 9.15 Å². The van der Waals surface area contributed by atoms with Crippen molar-refractivity contribution in [2.24, 2.45) is 7.05 Å². The Kier molecular flexibility index (Phi) is 4.88. The van der Waals surface area contributed by atoms with E-state index in [1.165, 1.54) is 5.56 Å². The Hall–Kier alpha value is -3.12. The topological polar surface area (TPSA) is 58.0 Å². The van der Waals surface area contributed by atoms with Crippen molar-refractivity contribution in [2.45, 2.75) is 26.5 Å². The van der Waals surface area contributed by atoms with E-state index in [1.54, 1.807) is 13.3 Å². The summed E-state index contributed by atoms with van der Waals surface area (Å²) in [7, 11) is 3.63. The Bertz CT molecular complexity index is 1090. The Balaban J connectivity index is 1.73. The minimum Gasteiger partial charge on any atom is -0.453 e. The van der Waals surface area contributed by atoms with Crippen LogP contribution in [0.2, 0.25) is 0 Å². The van der Waals surface area contributed by atoms with Gasteiger partial charge in [-0.05, 0) is 31.5 Å². The third-order valence-electron chi connectivity index (χ3n) is 4.85. The number of aromatic nitrogens is 4. The minimum atomic E-state index is 0.0941. The first-order valence-corrected chi connectivity index (χ1v) is 9.29. The van der Waals surface area contributed by atoms with Gasteiger partial charge in [0.05, 0.1) is 18.8 Å². The second-order valence-corrected chi connectivity index (χ2v) is 7.07. The average molecular weight is 376 g/mol. The van der Waals surface area contributed by atoms with Gasteiger partial charge in [-0.15, -0.1) is 0 Å². The lowest BCUT2D eigenvalue weighted by atomic mass is 9.98. The van der Waals surface area contributed by atoms with Crippen LogP contribution in [-0.4, -0.2) is 32.5 Å². The van der Waals surface area contributed by atoms with Gasteiger partial charge in [0.25, 0.3) is 0 Å². The molecule has 0 bridgehead atoms. The predicted octanol–water partition coefficient (Wildman–Crippen LogP) is 4.55. The van der Waals surface area contributed by atoms with Crippen LogP contribution in [0.1, 0.15) is 12.5 Å². The number of aryl methyl sites for hydroxylation is 2. The summed E-state index contributed by atoms with van der Waals surface area (Å²) in [6.07, 6.45) is 7.71. The maximum atomic E-state index is 6.23. The molecule has 0 saturated heterocycles. The van der Waals surface area contributed by atoms with Gasteiger partial charge >= 0.3 is 0 Å². The molecule has 28 heavy (non-hydrogen) atoms. The monoisotopic (exact) mass is 376 g/mol. The highest BCUT2D eigenvalue weighted by molar-refractivity contribution is 5.81. The van der Waals surface area contributed by atoms with Crippen molar-refractivity contribution in [3.05, 3.63) is 60.7 Å². The first-order valence-electron chi connectivity index (χ1n) is 9.29. The molecular weight excluding hydrogens is 352 g/mol. The third-order valence-corrected chi connectivity index (χ3v) is 4.85. The zero-order valence-electron chi connectivity index (χ0n) is 16.6. The van der Waals surface area contributed by atoms with Crippen LogP contribution in [0.25, 0.3) is 34.0 Å². The normalized spacial score (nSPS) is 12.4. The summed E-state index contributed by atoms with van der Waals surface area (Å²) in [6, 6.07) is 10.3. The average Bonchev–Trinajstić information content (AvgIpc) is 3.42. The van der Waals surface area contributed by atoms with E-state index in [0.717, 1.165) is 34.0 Å². The molecule has 0 saturated carbocycles. The van der Waals surface area contributed by atoms with Crippen LogP contribution < -0.4 is 0 Å². The zero-order valence-corrected chi connectivity index (χ0v) is 16.6. The molecule has 144 valence electrons. The van der Waals surface area contributed by atoms with Crippen LogP contribution in [0, 0.1) is 6.92 Å². The minimum absolute atomic E-state index is 0.0941. The molecule has 4 aromatic rings. The van der Waals surface area contributed by atoms with Crippen molar-refractivity contribution in [3.63, 3.8) is 0 Å². The standard InChI is InChI=1S/C22H24N4O2/c1-15-5-6-18(19(11-15)17-12-24-25(3)14-17)20-7-8-21(28-20)22-23-9-10-26(22)13-16(2)27-4/h5-12,14,16H,13H2,1-4H3. The fourth-order valence-corrected chi connectivity index (χ4v) is 3.31. The Morgan fingerprint density at radius 2 is 1.96 bits per heavy atom. The molecule has 3 aromatic heterocycles. The van der Waals surface area contributed by atoms with Gasteiger partial charge in [0.15, 0.2) is 11.6 Å². The smallest absolute Gasteiger partial charge is 0.176 e. The quantitative estimate of drug-likeness (QED) is 0.495. The summed E-state index contributed by atoms with van der Waals surface area (Å²) in [5, 5.41) is 4.31. The molecule has 6 heteroatoms. The molecule has 0 aliphatic heterocycles. The van der Waals surface area contributed by atoms with E-state index in [9.17, 15) is 0 Å². The highest BCUT2D eigenvalue weighted by Gasteiger charge is 2.16. The highest BCUT2D eigenvalue weighted by Crippen LogP contribution is 2.35. The predicted molar refractivity (Wildman–Crippen MR) is 109 cm³/mol. The van der Waals surface area contributed by atoms with Gasteiger partial charge in [-0.1, -0.05) is 23.8 Å². The number of nitrogens with zero attached hydrogens (tertiary/aromatic N) is 4. The van der Waals surface area contributed by atoms with Crippen molar-refractivity contribution < 1.29 is 9.15 Å². The lowest BCUT2D eigenvalue weighted by molar-refractivity contribution is 0.103. The number of hydrogen-bond acceptors (Lipinski definition) is 4. The van der Waals surface area contributed by atoms with Gasteiger partial charge in [-0.3, -0.25) is 4.68 Å². The largest absolute Gasteiger partial charge is 0.453 e. The molecule has 0 amide bonds. The summed E-state index contributed by atoms with van der Waals surface area (Å²) in [5.41, 5.74) is 4.40. The molecule has 1 aromatic carbocycles. The molecule has 6 nitrogen and oxygen atoms in total. The summed E-state index contributed by atoms with van der Waals surface area (Å²) >= 11 is 0. The van der Waals surface area contributed by atoms with E-state index in [1.807, 2.05) is 53.9 Å². The van der Waals surface area contributed by atoms with Gasteiger partial charge in [-0.25, -0.2) is 4.98 Å². The van der Waals surface area contributed by atoms with Gasteiger partial charge in [0.1, 0.15) is 5.76 Å². The highest BCUT2D eigenvalue weighted by atomic mass is 16.5. The van der Waals surface area contributed by atoms with Crippen LogP contribution in [0.15, 0.2) is 59.5 Å². The van der Waals surface area contributed by atoms with E-state index < -0.39 is 0 Å². The second kappa shape index (κ2) is 7.48. The number of benzene rings is 1. The van der Waals surface area contributed by atoms with E-state index in [0.29, 0.717) is 6.54 Å². The number of rotatable bonds is 6. The molecule has 1 unspecified atom stereocenters. The van der Waals surface area contributed by atoms with Crippen LogP contribution in [0.5, 0.6) is 0 Å². The van der Waals surface area contributed by atoms with Crippen molar-refractivity contribution in [3.8, 4) is 34.0 Å². The van der Waals surface area contributed by atoms with Crippen LogP contribution >= 0.6 is 0 Å². The van der Waals surface area contributed by atoms with Gasteiger partial charge in [0.2, 0.25) is 0 Å². The Morgan fingerprint density at radius 1 is 1.14 bits per heavy atom. The zero-order chi connectivity index (χ0) is 19.7. The lowest BCUT2D eigenvalue weighted by Crippen LogP contribution is -2.14. The Morgan fingerprint density at radius 3 is 2.71 bits per heavy atom. The second-order valence-electron chi connectivity index (χ2n) is 7.07. The van der Waals surface area contributed by atoms with Gasteiger partial charge in [0, 0.05) is 43.9 Å². The third kappa shape index (κ3) is 3.51. The Labute approximate surface area is 164 Å². The molecule has 0 radical (unpaired) electrons. The molecule has 1 atom stereocenters. The molecule has 3 heterocycles. The molecule has 0 fully saturated rings. The first-order chi connectivity index (χ1) is 13.5. The van der Waals surface area contributed by atoms with Crippen LogP contribution in [0.3, 0.4) is 0 Å². The van der Waals surface area contributed by atoms with Crippen LogP contribution in [-0.2, 0) is 18.3 Å². The van der Waals surface area contributed by atoms with E-state index in [-0.39, 0.29) is 6.10 Å². The fourth-order valence-electron chi connectivity index (χ4n) is 3.31. The lowest BCUT2D eigenvalue weighted by Gasteiger charge is -2.12. The molecule has 0 spiro atoms. The summed E-state index contributed by atoms with van der Waals surface area (Å²) < 4.78 is 15.5. The summed E-state index contributed by atoms with van der Waals surface area (Å²) in [6.45, 7) is 4.84.